The molecular weight excluding hydrogens is 222 g/mol. The van der Waals surface area contributed by atoms with Gasteiger partial charge in [-0.25, -0.2) is 4.79 Å². The quantitative estimate of drug-likeness (QED) is 0.724. The van der Waals surface area contributed by atoms with Crippen LogP contribution < -0.4 is 0 Å². The van der Waals surface area contributed by atoms with E-state index in [2.05, 4.69) is 11.8 Å². The van der Waals surface area contributed by atoms with E-state index < -0.39 is 12.1 Å². The number of morpholine rings is 1. The van der Waals surface area contributed by atoms with Crippen LogP contribution in [0.3, 0.4) is 0 Å². The predicted molar refractivity (Wildman–Crippen MR) is 64.1 cm³/mol. The predicted octanol–water partition coefficient (Wildman–Crippen LogP) is 0.977. The van der Waals surface area contributed by atoms with Crippen LogP contribution in [0, 0.1) is 0 Å². The Kier molecular flexibility index (Phi) is 6.47. The lowest BCUT2D eigenvalue weighted by Crippen LogP contribution is -2.43. The minimum Gasteiger partial charge on any atom is -0.479 e. The van der Waals surface area contributed by atoms with Crippen LogP contribution in [0.25, 0.3) is 0 Å². The molecule has 0 aromatic rings. The van der Waals surface area contributed by atoms with E-state index in [0.717, 1.165) is 32.7 Å². The number of carboxylic acids is 1. The van der Waals surface area contributed by atoms with Crippen LogP contribution >= 0.6 is 0 Å². The molecule has 0 radical (unpaired) electrons. The van der Waals surface area contributed by atoms with Crippen LogP contribution in [0.4, 0.5) is 0 Å². The molecule has 1 aliphatic rings. The maximum absolute atomic E-state index is 10.9. The zero-order valence-corrected chi connectivity index (χ0v) is 10.7. The molecule has 1 fully saturated rings. The smallest absolute Gasteiger partial charge is 0.332 e. The van der Waals surface area contributed by atoms with Crippen LogP contribution in [-0.4, -0.2) is 61.0 Å². The van der Waals surface area contributed by atoms with Crippen LogP contribution in [0.1, 0.15) is 26.7 Å². The molecule has 0 amide bonds. The Morgan fingerprint density at radius 3 is 2.94 bits per heavy atom. The van der Waals surface area contributed by atoms with E-state index >= 15 is 0 Å². The molecule has 100 valence electrons. The number of hydrogen-bond acceptors (Lipinski definition) is 4. The minimum atomic E-state index is -0.868. The third kappa shape index (κ3) is 5.02. The molecule has 5 nitrogen and oxygen atoms in total. The summed E-state index contributed by atoms with van der Waals surface area (Å²) < 4.78 is 10.8. The number of rotatable bonds is 7. The van der Waals surface area contributed by atoms with Crippen LogP contribution in [0.5, 0.6) is 0 Å². The Morgan fingerprint density at radius 2 is 2.35 bits per heavy atom. The third-order valence-electron chi connectivity index (χ3n) is 3.03. The van der Waals surface area contributed by atoms with E-state index in [-0.39, 0.29) is 0 Å². The fourth-order valence-electron chi connectivity index (χ4n) is 2.01. The van der Waals surface area contributed by atoms with Gasteiger partial charge in [0.2, 0.25) is 0 Å². The summed E-state index contributed by atoms with van der Waals surface area (Å²) in [7, 11) is 0. The van der Waals surface area contributed by atoms with Crippen molar-refractivity contribution in [3.8, 4) is 0 Å². The molecule has 1 saturated heterocycles. The van der Waals surface area contributed by atoms with Crippen molar-refractivity contribution in [2.24, 2.45) is 0 Å². The first kappa shape index (κ1) is 14.4. The molecule has 1 aliphatic heterocycles. The molecule has 1 rings (SSSR count). The molecule has 0 aliphatic carbocycles. The highest BCUT2D eigenvalue weighted by Crippen LogP contribution is 2.10. The molecule has 2 atom stereocenters. The first-order valence-electron chi connectivity index (χ1n) is 6.35. The number of ether oxygens (including phenoxy) is 2. The van der Waals surface area contributed by atoms with Crippen molar-refractivity contribution in [2.45, 2.75) is 38.9 Å². The van der Waals surface area contributed by atoms with Gasteiger partial charge in [0.15, 0.2) is 6.10 Å². The fourth-order valence-corrected chi connectivity index (χ4v) is 2.01. The van der Waals surface area contributed by atoms with Crippen molar-refractivity contribution in [1.82, 2.24) is 4.90 Å². The van der Waals surface area contributed by atoms with Gasteiger partial charge in [-0.2, -0.15) is 0 Å². The highest BCUT2D eigenvalue weighted by Gasteiger charge is 2.22. The van der Waals surface area contributed by atoms with E-state index in [4.69, 9.17) is 14.6 Å². The minimum absolute atomic E-state index is 0.291. The van der Waals surface area contributed by atoms with E-state index in [0.29, 0.717) is 19.1 Å². The lowest BCUT2D eigenvalue weighted by molar-refractivity contribution is -0.151. The monoisotopic (exact) mass is 245 g/mol. The number of carbonyl (C=O) groups is 1. The number of aliphatic carboxylic acids is 1. The van der Waals surface area contributed by atoms with Gasteiger partial charge < -0.3 is 14.6 Å². The Balaban J connectivity index is 2.30. The van der Waals surface area contributed by atoms with Crippen LogP contribution in [0.15, 0.2) is 0 Å². The van der Waals surface area contributed by atoms with E-state index in [1.165, 1.54) is 0 Å². The molecule has 1 heterocycles. The van der Waals surface area contributed by atoms with Crippen molar-refractivity contribution in [1.29, 1.82) is 0 Å². The van der Waals surface area contributed by atoms with Gasteiger partial charge in [0.1, 0.15) is 0 Å². The highest BCUT2D eigenvalue weighted by molar-refractivity contribution is 5.72. The fraction of sp³-hybridized carbons (Fsp3) is 0.917. The molecule has 0 spiro atoms. The van der Waals surface area contributed by atoms with Gasteiger partial charge >= 0.3 is 5.97 Å². The summed E-state index contributed by atoms with van der Waals surface area (Å²) in [4.78, 5) is 13.2. The van der Waals surface area contributed by atoms with Crippen molar-refractivity contribution < 1.29 is 19.4 Å². The van der Waals surface area contributed by atoms with Crippen LogP contribution in [0.2, 0.25) is 0 Å². The highest BCUT2D eigenvalue weighted by atomic mass is 16.5. The molecule has 1 N–H and O–H groups in total. The SMILES string of the molecule is CCOC(CCN1CCOC(CC)C1)C(=O)O. The number of hydrogen-bond donors (Lipinski definition) is 1. The first-order valence-corrected chi connectivity index (χ1v) is 6.35. The largest absolute Gasteiger partial charge is 0.479 e. The zero-order valence-electron chi connectivity index (χ0n) is 10.7. The molecule has 0 aromatic heterocycles. The molecule has 0 saturated carbocycles. The van der Waals surface area contributed by atoms with Gasteiger partial charge in [-0.1, -0.05) is 6.92 Å². The average Bonchev–Trinajstić information content (AvgIpc) is 2.34. The summed E-state index contributed by atoms with van der Waals surface area (Å²) in [6.07, 6.45) is 1.16. The average molecular weight is 245 g/mol. The van der Waals surface area contributed by atoms with Gasteiger partial charge in [-0.05, 0) is 19.8 Å². The summed E-state index contributed by atoms with van der Waals surface area (Å²) in [6.45, 7) is 7.65. The van der Waals surface area contributed by atoms with Crippen molar-refractivity contribution in [3.05, 3.63) is 0 Å². The summed E-state index contributed by atoms with van der Waals surface area (Å²) in [5, 5.41) is 8.96. The van der Waals surface area contributed by atoms with Gasteiger partial charge in [0, 0.05) is 26.2 Å². The summed E-state index contributed by atoms with van der Waals surface area (Å²) >= 11 is 0. The van der Waals surface area contributed by atoms with E-state index in [1.807, 2.05) is 6.92 Å². The molecule has 17 heavy (non-hydrogen) atoms. The summed E-state index contributed by atoms with van der Waals surface area (Å²) in [6, 6.07) is 0. The van der Waals surface area contributed by atoms with E-state index in [1.54, 1.807) is 0 Å². The third-order valence-corrected chi connectivity index (χ3v) is 3.03. The Morgan fingerprint density at radius 1 is 1.59 bits per heavy atom. The molecule has 5 heteroatoms. The van der Waals surface area contributed by atoms with Crippen molar-refractivity contribution >= 4 is 5.97 Å². The lowest BCUT2D eigenvalue weighted by Gasteiger charge is -2.32. The van der Waals surface area contributed by atoms with E-state index in [9.17, 15) is 4.79 Å². The van der Waals surface area contributed by atoms with Crippen molar-refractivity contribution in [2.75, 3.05) is 32.8 Å². The number of carboxylic acid groups (broad SMARTS) is 1. The Bertz CT molecular complexity index is 235. The van der Waals surface area contributed by atoms with Gasteiger partial charge in [0.05, 0.1) is 12.7 Å². The second-order valence-corrected chi connectivity index (χ2v) is 4.27. The van der Waals surface area contributed by atoms with Gasteiger partial charge in [0.25, 0.3) is 0 Å². The summed E-state index contributed by atoms with van der Waals surface area (Å²) in [5.41, 5.74) is 0. The Labute approximate surface area is 103 Å². The summed E-state index contributed by atoms with van der Waals surface area (Å²) in [5.74, 6) is -0.868. The normalized spacial score (nSPS) is 23.5. The maximum Gasteiger partial charge on any atom is 0.332 e. The standard InChI is InChI=1S/C12H23NO4/c1-3-10-9-13(7-8-17-10)6-5-11(12(14)15)16-4-2/h10-11H,3-9H2,1-2H3,(H,14,15). The first-order chi connectivity index (χ1) is 8.17. The van der Waals surface area contributed by atoms with Crippen LogP contribution in [-0.2, 0) is 14.3 Å². The number of nitrogens with zero attached hydrogens (tertiary/aromatic N) is 1. The zero-order chi connectivity index (χ0) is 12.7. The topological polar surface area (TPSA) is 59.0 Å². The van der Waals surface area contributed by atoms with Crippen molar-refractivity contribution in [3.63, 3.8) is 0 Å². The second kappa shape index (κ2) is 7.63. The molecule has 0 aromatic carbocycles. The lowest BCUT2D eigenvalue weighted by atomic mass is 10.2. The molecule has 2 unspecified atom stereocenters. The Hall–Kier alpha value is -0.650. The molecule has 0 bridgehead atoms. The maximum atomic E-state index is 10.9. The second-order valence-electron chi connectivity index (χ2n) is 4.27. The van der Waals surface area contributed by atoms with Gasteiger partial charge in [-0.3, -0.25) is 4.90 Å². The van der Waals surface area contributed by atoms with Gasteiger partial charge in [-0.15, -0.1) is 0 Å². The molecular formula is C12H23NO4.